The lowest BCUT2D eigenvalue weighted by Gasteiger charge is -2.23. The third-order valence-electron chi connectivity index (χ3n) is 3.15. The van der Waals surface area contributed by atoms with E-state index < -0.39 is 11.6 Å². The van der Waals surface area contributed by atoms with Gasteiger partial charge in [0.05, 0.1) is 16.1 Å². The number of hydrogen-bond donors (Lipinski definition) is 0. The van der Waals surface area contributed by atoms with Crippen molar-refractivity contribution < 1.29 is 13.5 Å². The summed E-state index contributed by atoms with van der Waals surface area (Å²) in [4.78, 5) is 0. The summed E-state index contributed by atoms with van der Waals surface area (Å²) in [6.07, 6.45) is 3.82. The number of halogens is 3. The molecule has 1 unspecified atom stereocenters. The van der Waals surface area contributed by atoms with Crippen LogP contribution in [0.1, 0.15) is 25.5 Å². The van der Waals surface area contributed by atoms with Crippen LogP contribution in [0, 0.1) is 11.6 Å². The number of ether oxygens (including phenoxy) is 1. The molecule has 1 fully saturated rings. The van der Waals surface area contributed by atoms with Gasteiger partial charge in [-0.15, -0.1) is 0 Å². The van der Waals surface area contributed by atoms with Gasteiger partial charge in [0.1, 0.15) is 11.3 Å². The number of fused-ring (bicyclic) bond motifs is 1. The van der Waals surface area contributed by atoms with Crippen molar-refractivity contribution in [1.29, 1.82) is 0 Å². The maximum Gasteiger partial charge on any atom is 0.150 e. The molecule has 0 radical (unpaired) electrons. The molecule has 0 aliphatic carbocycles. The Morgan fingerprint density at radius 3 is 2.94 bits per heavy atom. The van der Waals surface area contributed by atoms with Crippen LogP contribution in [-0.4, -0.2) is 16.4 Å². The third-order valence-corrected chi connectivity index (χ3v) is 3.73. The fourth-order valence-electron chi connectivity index (χ4n) is 2.27. The molecule has 0 spiro atoms. The summed E-state index contributed by atoms with van der Waals surface area (Å²) in [5.41, 5.74) is 0.169. The van der Waals surface area contributed by atoms with Crippen LogP contribution in [0.4, 0.5) is 8.78 Å². The summed E-state index contributed by atoms with van der Waals surface area (Å²) in [6.45, 7) is 0.632. The summed E-state index contributed by atoms with van der Waals surface area (Å²) in [5, 5.41) is 4.25. The Balaban J connectivity index is 2.16. The van der Waals surface area contributed by atoms with E-state index in [4.69, 9.17) is 4.74 Å². The van der Waals surface area contributed by atoms with Crippen LogP contribution in [0.5, 0.6) is 0 Å². The molecule has 1 atom stereocenters. The van der Waals surface area contributed by atoms with E-state index in [1.165, 1.54) is 10.9 Å². The zero-order chi connectivity index (χ0) is 12.7. The molecular weight excluding hydrogens is 306 g/mol. The minimum absolute atomic E-state index is 0.108. The molecule has 3 nitrogen and oxygen atoms in total. The summed E-state index contributed by atoms with van der Waals surface area (Å²) in [5.74, 6) is -0.988. The number of benzene rings is 1. The van der Waals surface area contributed by atoms with Gasteiger partial charge in [0.25, 0.3) is 0 Å². The lowest BCUT2D eigenvalue weighted by molar-refractivity contribution is -0.0369. The van der Waals surface area contributed by atoms with E-state index in [1.54, 1.807) is 0 Å². The van der Waals surface area contributed by atoms with Gasteiger partial charge in [-0.25, -0.2) is 13.5 Å². The first-order valence-corrected chi connectivity index (χ1v) is 6.60. The van der Waals surface area contributed by atoms with Gasteiger partial charge < -0.3 is 4.74 Å². The average molecular weight is 317 g/mol. The van der Waals surface area contributed by atoms with Crippen LogP contribution in [0.15, 0.2) is 16.7 Å². The molecular formula is C12H11BrF2N2O. The smallest absolute Gasteiger partial charge is 0.150 e. The van der Waals surface area contributed by atoms with Crippen molar-refractivity contribution in [3.8, 4) is 0 Å². The molecule has 2 heterocycles. The number of nitrogens with zero attached hydrogens (tertiary/aromatic N) is 2. The third kappa shape index (κ3) is 1.83. The molecule has 2 aromatic rings. The minimum Gasteiger partial charge on any atom is -0.356 e. The van der Waals surface area contributed by atoms with Gasteiger partial charge in [-0.05, 0) is 41.3 Å². The van der Waals surface area contributed by atoms with Crippen molar-refractivity contribution in [3.63, 3.8) is 0 Å². The average Bonchev–Trinajstić information content (AvgIpc) is 2.82. The van der Waals surface area contributed by atoms with Crippen LogP contribution >= 0.6 is 15.9 Å². The Bertz CT molecular complexity index is 593. The van der Waals surface area contributed by atoms with E-state index in [9.17, 15) is 8.78 Å². The van der Waals surface area contributed by atoms with Gasteiger partial charge in [-0.1, -0.05) is 0 Å². The van der Waals surface area contributed by atoms with E-state index in [-0.39, 0.29) is 21.6 Å². The topological polar surface area (TPSA) is 27.1 Å². The Morgan fingerprint density at radius 2 is 2.22 bits per heavy atom. The molecule has 3 rings (SSSR count). The van der Waals surface area contributed by atoms with Crippen LogP contribution < -0.4 is 0 Å². The van der Waals surface area contributed by atoms with Gasteiger partial charge in [-0.2, -0.15) is 5.10 Å². The molecule has 1 aliphatic rings. The van der Waals surface area contributed by atoms with Gasteiger partial charge in [-0.3, -0.25) is 0 Å². The highest BCUT2D eigenvalue weighted by Crippen LogP contribution is 2.31. The maximum absolute atomic E-state index is 14.0. The van der Waals surface area contributed by atoms with Crippen molar-refractivity contribution in [2.45, 2.75) is 25.5 Å². The van der Waals surface area contributed by atoms with Crippen molar-refractivity contribution in [2.75, 3.05) is 6.61 Å². The predicted octanol–water partition coefficient (Wildman–Crippen LogP) is 3.78. The Hall–Kier alpha value is -1.01. The second-order valence-electron chi connectivity index (χ2n) is 4.33. The first-order chi connectivity index (χ1) is 8.68. The summed E-state index contributed by atoms with van der Waals surface area (Å²) in [7, 11) is 0. The van der Waals surface area contributed by atoms with Crippen molar-refractivity contribution in [1.82, 2.24) is 9.78 Å². The highest BCUT2D eigenvalue weighted by atomic mass is 79.9. The minimum atomic E-state index is -0.495. The highest BCUT2D eigenvalue weighted by Gasteiger charge is 2.22. The fourth-order valence-corrected chi connectivity index (χ4v) is 2.68. The summed E-state index contributed by atoms with van der Waals surface area (Å²) >= 11 is 2.99. The molecule has 1 aromatic carbocycles. The SMILES string of the molecule is Fc1c(Br)cc(F)c2c1cnn2C1CCCCO1. The van der Waals surface area contributed by atoms with E-state index in [1.807, 2.05) is 0 Å². The van der Waals surface area contributed by atoms with Crippen LogP contribution in [0.2, 0.25) is 0 Å². The Morgan fingerprint density at radius 1 is 1.39 bits per heavy atom. The Kier molecular flexibility index (Phi) is 3.07. The lowest BCUT2D eigenvalue weighted by atomic mass is 10.2. The summed E-state index contributed by atoms with van der Waals surface area (Å²) < 4.78 is 34.9. The summed E-state index contributed by atoms with van der Waals surface area (Å²) in [6, 6.07) is 1.12. The Labute approximate surface area is 111 Å². The van der Waals surface area contributed by atoms with Crippen molar-refractivity contribution in [2.24, 2.45) is 0 Å². The van der Waals surface area contributed by atoms with E-state index in [2.05, 4.69) is 21.0 Å². The normalized spacial score (nSPS) is 20.5. The second-order valence-corrected chi connectivity index (χ2v) is 5.18. The van der Waals surface area contributed by atoms with Gasteiger partial charge >= 0.3 is 0 Å². The molecule has 18 heavy (non-hydrogen) atoms. The molecule has 6 heteroatoms. The molecule has 1 aliphatic heterocycles. The molecule has 96 valence electrons. The van der Waals surface area contributed by atoms with E-state index in [0.29, 0.717) is 6.61 Å². The molecule has 1 saturated heterocycles. The number of rotatable bonds is 1. The molecule has 0 saturated carbocycles. The van der Waals surface area contributed by atoms with E-state index in [0.717, 1.165) is 25.3 Å². The zero-order valence-corrected chi connectivity index (χ0v) is 11.1. The molecule has 0 amide bonds. The number of hydrogen-bond acceptors (Lipinski definition) is 2. The zero-order valence-electron chi connectivity index (χ0n) is 9.50. The monoisotopic (exact) mass is 316 g/mol. The van der Waals surface area contributed by atoms with Gasteiger partial charge in [0.15, 0.2) is 12.0 Å². The van der Waals surface area contributed by atoms with Crippen LogP contribution in [0.25, 0.3) is 10.9 Å². The maximum atomic E-state index is 14.0. The second kappa shape index (κ2) is 4.59. The molecule has 0 bridgehead atoms. The number of aromatic nitrogens is 2. The first kappa shape index (κ1) is 12.0. The van der Waals surface area contributed by atoms with Crippen molar-refractivity contribution >= 4 is 26.8 Å². The fraction of sp³-hybridized carbons (Fsp3) is 0.417. The largest absolute Gasteiger partial charge is 0.356 e. The standard InChI is InChI=1S/C12H11BrF2N2O/c13-8-5-9(14)12-7(11(8)15)6-16-17(12)10-3-1-2-4-18-10/h5-6,10H,1-4H2. The molecule has 1 aromatic heterocycles. The lowest BCUT2D eigenvalue weighted by Crippen LogP contribution is -2.19. The quantitative estimate of drug-likeness (QED) is 0.749. The van der Waals surface area contributed by atoms with Crippen molar-refractivity contribution in [3.05, 3.63) is 28.4 Å². The molecule has 0 N–H and O–H groups in total. The predicted molar refractivity (Wildman–Crippen MR) is 66.2 cm³/mol. The van der Waals surface area contributed by atoms with Gasteiger partial charge in [0.2, 0.25) is 0 Å². The van der Waals surface area contributed by atoms with Gasteiger partial charge in [0, 0.05) is 6.61 Å². The highest BCUT2D eigenvalue weighted by molar-refractivity contribution is 9.10. The van der Waals surface area contributed by atoms with Crippen LogP contribution in [0.3, 0.4) is 0 Å². The van der Waals surface area contributed by atoms with Crippen LogP contribution in [-0.2, 0) is 4.74 Å². The first-order valence-electron chi connectivity index (χ1n) is 5.81. The van der Waals surface area contributed by atoms with E-state index >= 15 is 0 Å².